The topological polar surface area (TPSA) is 199 Å². The zero-order valence-electron chi connectivity index (χ0n) is 47.4. The molecule has 1 aliphatic carbocycles. The Balaban J connectivity index is 1.42. The Labute approximate surface area is 468 Å². The van der Waals surface area contributed by atoms with Gasteiger partial charge in [-0.15, -0.1) is 0 Å². The van der Waals surface area contributed by atoms with Crippen molar-refractivity contribution >= 4 is 0 Å². The maximum Gasteiger partial charge on any atom is 0.161 e. The van der Waals surface area contributed by atoms with Crippen molar-refractivity contribution in [2.24, 2.45) is 0 Å². The Bertz CT molecular complexity index is 3560. The molecule has 4 atom stereocenters. The second-order valence-corrected chi connectivity index (χ2v) is 24.8. The van der Waals surface area contributed by atoms with Crippen LogP contribution in [0.25, 0.3) is 0 Å². The normalized spacial score (nSPS) is 16.6. The number of rotatable bonds is 8. The lowest BCUT2D eigenvalue weighted by Gasteiger charge is -2.30. The minimum Gasteiger partial charge on any atom is -0.507 e. The van der Waals surface area contributed by atoms with E-state index in [9.17, 15) is 40.9 Å². The smallest absolute Gasteiger partial charge is 0.161 e. The van der Waals surface area contributed by atoms with Gasteiger partial charge in [-0.2, -0.15) is 0 Å². The van der Waals surface area contributed by atoms with Crippen LogP contribution in [0.1, 0.15) is 174 Å². The van der Waals surface area contributed by atoms with Gasteiger partial charge in [0.1, 0.15) is 79.9 Å². The Hall–Kier alpha value is -8.64. The lowest BCUT2D eigenvalue weighted by Crippen LogP contribution is -2.22. The van der Waals surface area contributed by atoms with E-state index in [1.165, 1.54) is 24.3 Å². The van der Waals surface area contributed by atoms with Crippen LogP contribution in [0.2, 0.25) is 0 Å². The number of benzene rings is 8. The molecule has 416 valence electrons. The lowest BCUT2D eigenvalue weighted by molar-refractivity contribution is 0.130. The summed E-state index contributed by atoms with van der Waals surface area (Å²) in [5, 5.41) is 98.4. The summed E-state index contributed by atoms with van der Waals surface area (Å²) in [5.41, 5.74) is 2.04. The molecular weight excluding hydrogens is 1010 g/mol. The van der Waals surface area contributed by atoms with Gasteiger partial charge >= 0.3 is 0 Å². The first kappa shape index (κ1) is 56.1. The zero-order valence-corrected chi connectivity index (χ0v) is 47.4. The van der Waals surface area contributed by atoms with Crippen molar-refractivity contribution in [3.63, 3.8) is 0 Å². The summed E-state index contributed by atoms with van der Waals surface area (Å²) in [5.74, 6) is -4.91. The third-order valence-electron chi connectivity index (χ3n) is 13.7. The Morgan fingerprint density at radius 2 is 0.463 bits per heavy atom. The van der Waals surface area contributed by atoms with Crippen LogP contribution in [0.5, 0.6) is 69.0 Å². The molecule has 0 aromatic heterocycles. The summed E-state index contributed by atoms with van der Waals surface area (Å²) in [6.45, 7) is 23.2. The molecule has 80 heavy (non-hydrogen) atoms. The number of hydrogen-bond donors (Lipinski definition) is 8. The first-order valence-electron chi connectivity index (χ1n) is 26.8. The van der Waals surface area contributed by atoms with Gasteiger partial charge in [0, 0.05) is 80.8 Å². The van der Waals surface area contributed by atoms with Gasteiger partial charge in [0.15, 0.2) is 11.5 Å². The lowest BCUT2D eigenvalue weighted by atomic mass is 9.75. The van der Waals surface area contributed by atoms with Crippen molar-refractivity contribution in [3.8, 4) is 69.0 Å². The fourth-order valence-corrected chi connectivity index (χ4v) is 10.7. The molecule has 9 rings (SSSR count). The molecule has 8 aromatic carbocycles. The fraction of sp³-hybridized carbons (Fsp3) is 0.294. The van der Waals surface area contributed by atoms with Crippen LogP contribution in [0.4, 0.5) is 0 Å². The van der Waals surface area contributed by atoms with Crippen molar-refractivity contribution in [2.75, 3.05) is 0 Å². The fourth-order valence-electron chi connectivity index (χ4n) is 10.7. The highest BCUT2D eigenvalue weighted by Gasteiger charge is 2.36. The van der Waals surface area contributed by atoms with Gasteiger partial charge in [-0.25, -0.2) is 0 Å². The van der Waals surface area contributed by atoms with E-state index in [1.54, 1.807) is 84.9 Å². The molecular formula is C68H72O12. The Morgan fingerprint density at radius 1 is 0.237 bits per heavy atom. The first-order chi connectivity index (χ1) is 37.4. The van der Waals surface area contributed by atoms with Gasteiger partial charge in [0.2, 0.25) is 0 Å². The summed E-state index contributed by atoms with van der Waals surface area (Å²) in [6, 6.07) is 40.6. The minimum absolute atomic E-state index is 0.144. The number of aromatic hydroxyl groups is 8. The van der Waals surface area contributed by atoms with E-state index in [1.807, 2.05) is 119 Å². The van der Waals surface area contributed by atoms with E-state index in [4.69, 9.17) is 18.9 Å². The van der Waals surface area contributed by atoms with Crippen LogP contribution in [0.3, 0.4) is 0 Å². The zero-order chi connectivity index (χ0) is 58.0. The van der Waals surface area contributed by atoms with Crippen LogP contribution in [0, 0.1) is 0 Å². The SMILES string of the molecule is CC(C)(C)Oc1ccc(C2c3cc(O)c(O)c(c3)C(c3ccc(OC(C)(C)C)cc3)c3cc(c(O)cc3O)C(c3ccc(OC(C)(C)C)cc3)c3cc(c(O)cc3O)C(c3ccc(OC(C)(C)C)cc3)c3cc2c(O)cc3O)cc1. The standard InChI is InChI=1S/C68H72O12/c1-65(2,3)77-42-21-13-37(14-22-42)60-41-29-52(64(76)59(75)30-41)63(40-19-27-45(28-20-40)80-68(10,11)12)51-33-50(57(73)36-58(51)74)62(39-17-25-44(26-18-39)79-67(7,8)9)49-32-48(55(71)35-56(49)72)61(47-31-46(60)53(69)34-54(47)70)38-15-23-43(24-16-38)78-66(4,5)6/h13-36,60-63,69-76H,1-12H3. The molecule has 0 aliphatic heterocycles. The highest BCUT2D eigenvalue weighted by molar-refractivity contribution is 5.67. The van der Waals surface area contributed by atoms with E-state index < -0.39 is 57.6 Å². The highest BCUT2D eigenvalue weighted by Crippen LogP contribution is 2.54. The number of phenols is 8. The van der Waals surface area contributed by atoms with Crippen LogP contribution in [-0.4, -0.2) is 63.3 Å². The number of hydrogen-bond acceptors (Lipinski definition) is 12. The molecule has 0 fully saturated rings. The Morgan fingerprint density at radius 3 is 0.713 bits per heavy atom. The molecule has 12 nitrogen and oxygen atoms in total. The number of fused-ring (bicyclic) bond motifs is 8. The first-order valence-corrected chi connectivity index (χ1v) is 26.8. The monoisotopic (exact) mass is 1080 g/mol. The van der Waals surface area contributed by atoms with Crippen molar-refractivity contribution in [1.29, 1.82) is 0 Å². The molecule has 8 aromatic rings. The van der Waals surface area contributed by atoms with Gasteiger partial charge in [0.05, 0.1) is 0 Å². The van der Waals surface area contributed by atoms with Crippen LogP contribution in [-0.2, 0) is 0 Å². The molecule has 12 heteroatoms. The predicted molar refractivity (Wildman–Crippen MR) is 310 cm³/mol. The van der Waals surface area contributed by atoms with Crippen LogP contribution in [0.15, 0.2) is 146 Å². The minimum atomic E-state index is -1.09. The third-order valence-corrected chi connectivity index (χ3v) is 13.7. The average molecular weight is 1080 g/mol. The van der Waals surface area contributed by atoms with E-state index in [2.05, 4.69) is 0 Å². The van der Waals surface area contributed by atoms with E-state index >= 15 is 0 Å². The maximum atomic E-state index is 12.3. The summed E-state index contributed by atoms with van der Waals surface area (Å²) in [7, 11) is 0. The van der Waals surface area contributed by atoms with E-state index in [0.717, 1.165) is 0 Å². The van der Waals surface area contributed by atoms with Crippen molar-refractivity contribution in [2.45, 2.75) is 129 Å². The highest BCUT2D eigenvalue weighted by atomic mass is 16.5. The summed E-state index contributed by atoms with van der Waals surface area (Å²) >= 11 is 0. The summed E-state index contributed by atoms with van der Waals surface area (Å²) in [4.78, 5) is 0. The largest absolute Gasteiger partial charge is 0.507 e. The molecule has 8 N–H and O–H groups in total. The molecule has 0 saturated carbocycles. The second-order valence-electron chi connectivity index (χ2n) is 24.8. The molecule has 4 unspecified atom stereocenters. The van der Waals surface area contributed by atoms with Gasteiger partial charge in [-0.05, 0) is 190 Å². The number of ether oxygens (including phenoxy) is 4. The van der Waals surface area contributed by atoms with Gasteiger partial charge in [-0.3, -0.25) is 0 Å². The third kappa shape index (κ3) is 12.1. The van der Waals surface area contributed by atoms with Crippen molar-refractivity contribution < 1.29 is 59.8 Å². The Kier molecular flexibility index (Phi) is 14.6. The molecule has 0 spiro atoms. The molecule has 0 amide bonds. The molecule has 8 bridgehead atoms. The molecule has 0 saturated heterocycles. The molecule has 0 radical (unpaired) electrons. The maximum absolute atomic E-state index is 12.3. The predicted octanol–water partition coefficient (Wildman–Crippen LogP) is 15.1. The quantitative estimate of drug-likeness (QED) is 0.0671. The average Bonchev–Trinajstić information content (AvgIpc) is 3.36. The summed E-state index contributed by atoms with van der Waals surface area (Å²) < 4.78 is 24.9. The van der Waals surface area contributed by atoms with Gasteiger partial charge < -0.3 is 59.8 Å². The second kappa shape index (κ2) is 20.9. The van der Waals surface area contributed by atoms with Crippen molar-refractivity contribution in [1.82, 2.24) is 0 Å². The number of phenolic OH excluding ortho intramolecular Hbond substituents is 8. The molecule has 0 heterocycles. The summed E-state index contributed by atoms with van der Waals surface area (Å²) in [6.07, 6.45) is 0. The van der Waals surface area contributed by atoms with E-state index in [-0.39, 0.29) is 73.4 Å². The van der Waals surface area contributed by atoms with Crippen molar-refractivity contribution in [3.05, 3.63) is 212 Å². The van der Waals surface area contributed by atoms with Crippen LogP contribution >= 0.6 is 0 Å². The van der Waals surface area contributed by atoms with Gasteiger partial charge in [0.25, 0.3) is 0 Å². The van der Waals surface area contributed by atoms with Gasteiger partial charge in [-0.1, -0.05) is 48.5 Å². The molecule has 1 aliphatic rings. The van der Waals surface area contributed by atoms with Crippen LogP contribution < -0.4 is 18.9 Å². The van der Waals surface area contributed by atoms with E-state index in [0.29, 0.717) is 50.8 Å².